The first-order valence-electron chi connectivity index (χ1n) is 29.8. The van der Waals surface area contributed by atoms with E-state index in [1.807, 2.05) is 48.5 Å². The fraction of sp³-hybridized carbons (Fsp3) is 0.436. The minimum Gasteiger partial charge on any atom is -0.289 e. The van der Waals surface area contributed by atoms with Crippen LogP contribution in [0.2, 0.25) is 0 Å². The van der Waals surface area contributed by atoms with Gasteiger partial charge in [-0.25, -0.2) is 0 Å². The number of hydrogen-bond acceptors (Lipinski definition) is 2. The Morgan fingerprint density at radius 1 is 0.286 bits per heavy atom. The molecular formula is C78H94Br3LiO2. The van der Waals surface area contributed by atoms with Crippen LogP contribution in [0.3, 0.4) is 0 Å². The number of benzene rings is 7. The Balaban J connectivity index is 0.000000247. The van der Waals surface area contributed by atoms with E-state index in [0.717, 1.165) is 35.7 Å². The first-order chi connectivity index (χ1) is 37.8. The number of fused-ring (bicyclic) bond motifs is 4. The monoisotopic (exact) mass is 1310 g/mol. The Labute approximate surface area is 545 Å². The van der Waals surface area contributed by atoms with Crippen LogP contribution in [-0.4, -0.2) is 11.6 Å². The van der Waals surface area contributed by atoms with Gasteiger partial charge in [-0.05, 0) is 170 Å². The van der Waals surface area contributed by atoms with Crippen molar-refractivity contribution < 1.29 is 28.4 Å². The molecule has 6 heteroatoms. The Morgan fingerprint density at radius 3 is 0.631 bits per heavy atom. The molecule has 84 heavy (non-hydrogen) atoms. The second kappa shape index (κ2) is 24.5. The van der Waals surface area contributed by atoms with Crippen LogP contribution in [-0.2, 0) is 43.3 Å². The minimum absolute atomic E-state index is 0. The zero-order valence-electron chi connectivity index (χ0n) is 55.7. The van der Waals surface area contributed by atoms with Crippen LogP contribution in [0.5, 0.6) is 0 Å². The summed E-state index contributed by atoms with van der Waals surface area (Å²) in [6.45, 7) is 54.4. The van der Waals surface area contributed by atoms with Crippen molar-refractivity contribution >= 4 is 59.4 Å². The standard InChI is InChI=1S/C42H50Br2.C30H40O2.C6H4Br.Li/c1-39(2,3)33-21-29-30(22-34(33)40(4,5)6)38(26-15-19-28(44)20-16-26)32-24-36(42(10,11)12)35(41(7,8)9)23-31(32)37(29)25-13-17-27(43)18-14-25;1-27(2,3)21-13-17-18(14-22(21)28(4,5)6)26(32)20-16-24(30(10,11)12)23(29(7,8)9)15-19(20)25(17)31;7-6-4-2-1-3-5-6;/h13-24,37-38H,1-12H3;13-16H,1-12H3;2-5H;/q;;-1;+1. The van der Waals surface area contributed by atoms with Gasteiger partial charge >= 0.3 is 18.9 Å². The molecule has 0 bridgehead atoms. The Bertz CT molecular complexity index is 3170. The summed E-state index contributed by atoms with van der Waals surface area (Å²) < 4.78 is 3.33. The van der Waals surface area contributed by atoms with Gasteiger partial charge in [-0.15, -0.1) is 0 Å². The predicted molar refractivity (Wildman–Crippen MR) is 365 cm³/mol. The molecule has 0 atom stereocenters. The van der Waals surface area contributed by atoms with Crippen LogP contribution in [0.25, 0.3) is 0 Å². The molecule has 0 saturated carbocycles. The van der Waals surface area contributed by atoms with Crippen LogP contribution in [0, 0.1) is 6.07 Å². The Morgan fingerprint density at radius 2 is 0.464 bits per heavy atom. The van der Waals surface area contributed by atoms with Crippen molar-refractivity contribution in [1.82, 2.24) is 0 Å². The molecular weight excluding hydrogens is 1220 g/mol. The van der Waals surface area contributed by atoms with Crippen molar-refractivity contribution in [3.8, 4) is 0 Å². The molecule has 0 fully saturated rings. The number of carbonyl (C=O) groups excluding carboxylic acids is 2. The topological polar surface area (TPSA) is 34.1 Å². The van der Waals surface area contributed by atoms with E-state index in [9.17, 15) is 9.59 Å². The number of ketones is 2. The van der Waals surface area contributed by atoms with E-state index in [1.165, 1.54) is 55.6 Å². The molecule has 2 aliphatic rings. The zero-order valence-corrected chi connectivity index (χ0v) is 60.4. The van der Waals surface area contributed by atoms with E-state index in [4.69, 9.17) is 0 Å². The average molecular weight is 1310 g/mol. The molecule has 0 amide bonds. The van der Waals surface area contributed by atoms with Gasteiger partial charge in [0.15, 0.2) is 11.6 Å². The summed E-state index contributed by atoms with van der Waals surface area (Å²) in [4.78, 5) is 27.6. The third-order valence-electron chi connectivity index (χ3n) is 16.5. The van der Waals surface area contributed by atoms with Gasteiger partial charge in [-0.3, -0.25) is 9.59 Å². The van der Waals surface area contributed by atoms with Crippen molar-refractivity contribution in [2.24, 2.45) is 0 Å². The maximum Gasteiger partial charge on any atom is 1.00 e. The second-order valence-electron chi connectivity index (χ2n) is 31.8. The molecule has 7 aromatic rings. The predicted octanol–water partition coefficient (Wildman–Crippen LogP) is 20.0. The Hall–Kier alpha value is -4.08. The number of carbonyl (C=O) groups is 2. The molecule has 440 valence electrons. The van der Waals surface area contributed by atoms with Crippen LogP contribution in [0.4, 0.5) is 0 Å². The third kappa shape index (κ3) is 14.9. The van der Waals surface area contributed by atoms with Crippen molar-refractivity contribution in [3.05, 3.63) is 241 Å². The van der Waals surface area contributed by atoms with E-state index in [2.05, 4.69) is 293 Å². The third-order valence-corrected chi connectivity index (χ3v) is 18.1. The molecule has 0 heterocycles. The molecule has 0 aliphatic heterocycles. The minimum atomic E-state index is -0.131. The van der Waals surface area contributed by atoms with Gasteiger partial charge in [0.05, 0.1) is 0 Å². The van der Waals surface area contributed by atoms with Crippen LogP contribution in [0.15, 0.2) is 135 Å². The normalized spacial score (nSPS) is 15.5. The van der Waals surface area contributed by atoms with Gasteiger partial charge in [0.25, 0.3) is 0 Å². The van der Waals surface area contributed by atoms with Crippen molar-refractivity contribution in [2.45, 2.75) is 221 Å². The van der Waals surface area contributed by atoms with E-state index >= 15 is 0 Å². The van der Waals surface area contributed by atoms with Crippen LogP contribution in [0.1, 0.15) is 288 Å². The van der Waals surface area contributed by atoms with Gasteiger partial charge in [0, 0.05) is 43.0 Å². The summed E-state index contributed by atoms with van der Waals surface area (Å²) >= 11 is 10.7. The van der Waals surface area contributed by atoms with Crippen molar-refractivity contribution in [1.29, 1.82) is 0 Å². The Kier molecular flexibility index (Phi) is 20.1. The molecule has 2 nitrogen and oxygen atoms in total. The molecule has 9 rings (SSSR count). The van der Waals surface area contributed by atoms with Crippen LogP contribution < -0.4 is 18.9 Å². The maximum atomic E-state index is 13.8. The van der Waals surface area contributed by atoms with Crippen LogP contribution >= 0.6 is 47.8 Å². The molecule has 0 saturated heterocycles. The molecule has 0 spiro atoms. The molecule has 0 aromatic heterocycles. The zero-order chi connectivity index (χ0) is 62.3. The maximum absolute atomic E-state index is 13.8. The summed E-state index contributed by atoms with van der Waals surface area (Å²) in [7, 11) is 0. The molecule has 2 aliphatic carbocycles. The second-order valence-corrected chi connectivity index (χ2v) is 34.5. The first-order valence-corrected chi connectivity index (χ1v) is 32.2. The first kappa shape index (κ1) is 69.0. The fourth-order valence-corrected chi connectivity index (χ4v) is 13.0. The van der Waals surface area contributed by atoms with Gasteiger partial charge < -0.3 is 0 Å². The van der Waals surface area contributed by atoms with Crippen molar-refractivity contribution in [3.63, 3.8) is 0 Å². The largest absolute Gasteiger partial charge is 1.00 e. The molecule has 0 radical (unpaired) electrons. The SMILES string of the molecule is Brc1cc[c-]cc1.CC(C)(C)c1cc2c(cc1C(C)(C)C)C(=O)c1cc(C(C)(C)C)c(C(C)(C)C)cc1C2=O.CC(C)(C)c1cc2c(cc1C(C)(C)C)C(c1ccc(Br)cc1)c1cc(C(C)(C)C)c(C(C)(C)C)cc1C2c1ccc(Br)cc1.[Li+]. The number of hydrogen-bond donors (Lipinski definition) is 0. The van der Waals surface area contributed by atoms with E-state index < -0.39 is 0 Å². The van der Waals surface area contributed by atoms with E-state index in [0.29, 0.717) is 22.3 Å². The van der Waals surface area contributed by atoms with Gasteiger partial charge in [-0.1, -0.05) is 267 Å². The number of rotatable bonds is 2. The van der Waals surface area contributed by atoms with E-state index in [1.54, 1.807) is 0 Å². The molecule has 7 aromatic carbocycles. The van der Waals surface area contributed by atoms with Gasteiger partial charge in [-0.2, -0.15) is 30.3 Å². The van der Waals surface area contributed by atoms with Crippen molar-refractivity contribution in [2.75, 3.05) is 0 Å². The summed E-state index contributed by atoms with van der Waals surface area (Å²) in [6.07, 6.45) is 0. The molecule has 0 N–H and O–H groups in total. The average Bonchev–Trinajstić information content (AvgIpc) is 0.793. The smallest absolute Gasteiger partial charge is 0.289 e. The quantitative estimate of drug-likeness (QED) is 0.128. The summed E-state index contributed by atoms with van der Waals surface area (Å²) in [6, 6.07) is 47.0. The van der Waals surface area contributed by atoms with E-state index in [-0.39, 0.29) is 85.6 Å². The fourth-order valence-electron chi connectivity index (χ4n) is 12.2. The molecule has 0 unspecified atom stereocenters. The number of halogens is 3. The van der Waals surface area contributed by atoms with Gasteiger partial charge in [0.2, 0.25) is 0 Å². The van der Waals surface area contributed by atoms with Gasteiger partial charge in [0.1, 0.15) is 0 Å². The summed E-state index contributed by atoms with van der Waals surface area (Å²) in [5.41, 5.74) is 20.5. The summed E-state index contributed by atoms with van der Waals surface area (Å²) in [5, 5.41) is 0. The summed E-state index contributed by atoms with van der Waals surface area (Å²) in [5.74, 6) is 0.216.